The summed E-state index contributed by atoms with van der Waals surface area (Å²) in [5.41, 5.74) is 1.21. The lowest BCUT2D eigenvalue weighted by Gasteiger charge is -2.08. The van der Waals surface area contributed by atoms with Gasteiger partial charge in [0, 0.05) is 28.6 Å². The summed E-state index contributed by atoms with van der Waals surface area (Å²) in [5, 5.41) is 10.9. The van der Waals surface area contributed by atoms with Crippen molar-refractivity contribution in [2.24, 2.45) is 0 Å². The number of hydrogen-bond acceptors (Lipinski definition) is 4. The predicted molar refractivity (Wildman–Crippen MR) is 101 cm³/mol. The first-order valence-electron chi connectivity index (χ1n) is 8.46. The summed E-state index contributed by atoms with van der Waals surface area (Å²) in [6, 6.07) is 19.5. The maximum absolute atomic E-state index is 12.5. The monoisotopic (exact) mass is 358 g/mol. The third kappa shape index (κ3) is 3.22. The van der Waals surface area contributed by atoms with Crippen molar-refractivity contribution >= 4 is 16.8 Å². The summed E-state index contributed by atoms with van der Waals surface area (Å²) < 4.78 is 6.92. The third-order valence-electron chi connectivity index (χ3n) is 4.39. The highest BCUT2D eigenvalue weighted by molar-refractivity contribution is 5.98. The van der Waals surface area contributed by atoms with E-state index in [-0.39, 0.29) is 12.3 Å². The minimum atomic E-state index is -0.788. The number of aromatic hydroxyl groups is 1. The molecule has 0 spiro atoms. The number of ketones is 1. The molecule has 5 nitrogen and oxygen atoms in total. The van der Waals surface area contributed by atoms with Gasteiger partial charge in [0.15, 0.2) is 12.4 Å². The van der Waals surface area contributed by atoms with Gasteiger partial charge in [0.05, 0.1) is 0 Å². The molecule has 27 heavy (non-hydrogen) atoms. The molecule has 0 atom stereocenters. The molecule has 2 aromatic heterocycles. The molecule has 0 unspecified atom stereocenters. The largest absolute Gasteiger partial charge is 0.501 e. The number of hydrogen-bond donors (Lipinski definition) is 1. The second-order valence-electron chi connectivity index (χ2n) is 6.16. The van der Waals surface area contributed by atoms with Crippen LogP contribution in [0.5, 0.6) is 5.75 Å². The van der Waals surface area contributed by atoms with E-state index in [9.17, 15) is 14.7 Å². The first-order chi connectivity index (χ1) is 13.1. The molecule has 0 aliphatic rings. The quantitative estimate of drug-likeness (QED) is 0.345. The Bertz CT molecular complexity index is 1180. The predicted octanol–water partition coefficient (Wildman–Crippen LogP) is 3.34. The molecule has 0 radical (unpaired) electrons. The Balaban J connectivity index is 1.71. The van der Waals surface area contributed by atoms with Crippen LogP contribution < -0.4 is 10.2 Å². The minimum absolute atomic E-state index is 0.0283. The Morgan fingerprint density at radius 3 is 2.37 bits per heavy atom. The fraction of sp³-hybridized carbons (Fsp3) is 0.0455. The van der Waals surface area contributed by atoms with Crippen LogP contribution >= 0.6 is 0 Å². The Hall–Kier alpha value is -3.73. The maximum atomic E-state index is 12.5. The van der Waals surface area contributed by atoms with Crippen LogP contribution in [0.15, 0.2) is 88.3 Å². The molecule has 0 bridgehead atoms. The van der Waals surface area contributed by atoms with E-state index in [0.717, 1.165) is 0 Å². The first kappa shape index (κ1) is 16.7. The summed E-state index contributed by atoms with van der Waals surface area (Å²) in [6.07, 6.45) is 3.67. The smallest absolute Gasteiger partial charge is 0.379 e. The summed E-state index contributed by atoms with van der Waals surface area (Å²) in [5.74, 6) is -0.466. The van der Waals surface area contributed by atoms with Gasteiger partial charge in [0.1, 0.15) is 5.58 Å². The second-order valence-corrected chi connectivity index (χ2v) is 6.16. The van der Waals surface area contributed by atoms with Crippen molar-refractivity contribution in [2.45, 2.75) is 6.54 Å². The number of nitrogens with zero attached hydrogens (tertiary/aromatic N) is 1. The minimum Gasteiger partial charge on any atom is -0.501 e. The molecule has 0 aliphatic carbocycles. The van der Waals surface area contributed by atoms with E-state index in [1.807, 2.05) is 30.6 Å². The number of carbonyl (C=O) groups excluding carboxylic acids is 1. The molecular formula is C22H16NO4+. The van der Waals surface area contributed by atoms with Gasteiger partial charge in [-0.1, -0.05) is 48.5 Å². The molecule has 0 saturated carbocycles. The molecule has 4 rings (SSSR count). The molecule has 1 N–H and O–H groups in total. The fourth-order valence-electron chi connectivity index (χ4n) is 3.05. The average molecular weight is 358 g/mol. The van der Waals surface area contributed by atoms with Gasteiger partial charge in [-0.25, -0.2) is 4.79 Å². The van der Waals surface area contributed by atoms with Crippen molar-refractivity contribution in [1.82, 2.24) is 0 Å². The van der Waals surface area contributed by atoms with E-state index in [1.165, 1.54) is 0 Å². The van der Waals surface area contributed by atoms with Crippen LogP contribution in [-0.4, -0.2) is 10.9 Å². The zero-order valence-corrected chi connectivity index (χ0v) is 14.3. The summed E-state index contributed by atoms with van der Waals surface area (Å²) in [4.78, 5) is 24.4. The van der Waals surface area contributed by atoms with Crippen LogP contribution in [0.25, 0.3) is 22.1 Å². The van der Waals surface area contributed by atoms with E-state index in [4.69, 9.17) is 4.42 Å². The van der Waals surface area contributed by atoms with E-state index < -0.39 is 11.4 Å². The molecule has 2 heterocycles. The zero-order chi connectivity index (χ0) is 18.8. The van der Waals surface area contributed by atoms with Crippen molar-refractivity contribution in [3.05, 3.63) is 95.1 Å². The normalized spacial score (nSPS) is 10.8. The Morgan fingerprint density at radius 1 is 0.926 bits per heavy atom. The fourth-order valence-corrected chi connectivity index (χ4v) is 3.05. The van der Waals surface area contributed by atoms with Gasteiger partial charge in [0.25, 0.3) is 0 Å². The number of rotatable bonds is 4. The SMILES string of the molecule is O=C(C[n+]1ccccc1)c1ccc(-c2c(O)c(=O)oc3ccccc23)cc1. The van der Waals surface area contributed by atoms with E-state index in [1.54, 1.807) is 53.1 Å². The van der Waals surface area contributed by atoms with Crippen LogP contribution in [0, 0.1) is 0 Å². The highest BCUT2D eigenvalue weighted by Crippen LogP contribution is 2.33. The Kier molecular flexibility index (Phi) is 4.26. The molecule has 0 fully saturated rings. The number of carbonyl (C=O) groups is 1. The topological polar surface area (TPSA) is 71.4 Å². The molecule has 132 valence electrons. The zero-order valence-electron chi connectivity index (χ0n) is 14.3. The number of para-hydroxylation sites is 1. The van der Waals surface area contributed by atoms with Gasteiger partial charge in [0.2, 0.25) is 18.1 Å². The van der Waals surface area contributed by atoms with E-state index in [2.05, 4.69) is 0 Å². The molecule has 0 amide bonds. The molecular weight excluding hydrogens is 342 g/mol. The van der Waals surface area contributed by atoms with Gasteiger partial charge >= 0.3 is 5.63 Å². The lowest BCUT2D eigenvalue weighted by molar-refractivity contribution is -0.683. The average Bonchev–Trinajstić information content (AvgIpc) is 2.70. The number of aromatic nitrogens is 1. The molecule has 0 saturated heterocycles. The van der Waals surface area contributed by atoms with Gasteiger partial charge in [-0.3, -0.25) is 4.79 Å². The van der Waals surface area contributed by atoms with Crippen molar-refractivity contribution in [3.63, 3.8) is 0 Å². The second kappa shape index (κ2) is 6.88. The van der Waals surface area contributed by atoms with Gasteiger partial charge in [-0.05, 0) is 11.6 Å². The Morgan fingerprint density at radius 2 is 1.63 bits per heavy atom. The molecule has 4 aromatic rings. The summed E-state index contributed by atoms with van der Waals surface area (Å²) >= 11 is 0. The van der Waals surface area contributed by atoms with Crippen LogP contribution in [-0.2, 0) is 6.54 Å². The van der Waals surface area contributed by atoms with Crippen LogP contribution in [0.3, 0.4) is 0 Å². The highest BCUT2D eigenvalue weighted by atomic mass is 16.4. The maximum Gasteiger partial charge on any atom is 0.379 e. The van der Waals surface area contributed by atoms with Crippen LogP contribution in [0.2, 0.25) is 0 Å². The van der Waals surface area contributed by atoms with Crippen LogP contribution in [0.4, 0.5) is 0 Å². The van der Waals surface area contributed by atoms with Crippen molar-refractivity contribution in [2.75, 3.05) is 0 Å². The lowest BCUT2D eigenvalue weighted by Crippen LogP contribution is -2.36. The van der Waals surface area contributed by atoms with Crippen molar-refractivity contribution in [3.8, 4) is 16.9 Å². The van der Waals surface area contributed by atoms with Gasteiger partial charge < -0.3 is 9.52 Å². The number of fused-ring (bicyclic) bond motifs is 1. The van der Waals surface area contributed by atoms with Crippen molar-refractivity contribution in [1.29, 1.82) is 0 Å². The number of benzene rings is 2. The standard InChI is InChI=1S/C22H15NO4/c24-18(14-23-12-4-1-5-13-23)15-8-10-16(11-9-15)20-17-6-2-3-7-19(17)27-22(26)21(20)25/h1-13H,14H2/p+1. The Labute approximate surface area is 154 Å². The highest BCUT2D eigenvalue weighted by Gasteiger charge is 2.17. The summed E-state index contributed by atoms with van der Waals surface area (Å²) in [7, 11) is 0. The van der Waals surface area contributed by atoms with Crippen molar-refractivity contribution < 1.29 is 18.9 Å². The first-order valence-corrected chi connectivity index (χ1v) is 8.46. The van der Waals surface area contributed by atoms with E-state index in [0.29, 0.717) is 27.7 Å². The van der Waals surface area contributed by atoms with E-state index >= 15 is 0 Å². The lowest BCUT2D eigenvalue weighted by atomic mass is 9.99. The molecule has 5 heteroatoms. The van der Waals surface area contributed by atoms with Gasteiger partial charge in [-0.15, -0.1) is 0 Å². The number of Topliss-reactive ketones (excluding diaryl/α,β-unsaturated/α-hetero) is 1. The third-order valence-corrected chi connectivity index (χ3v) is 4.39. The molecule has 0 aliphatic heterocycles. The summed E-state index contributed by atoms with van der Waals surface area (Å²) in [6.45, 7) is 0.239. The van der Waals surface area contributed by atoms with Gasteiger partial charge in [-0.2, -0.15) is 4.57 Å². The van der Waals surface area contributed by atoms with Crippen LogP contribution in [0.1, 0.15) is 10.4 Å². The number of pyridine rings is 1. The molecule has 2 aromatic carbocycles.